The first-order chi connectivity index (χ1) is 7.59. The van der Waals surface area contributed by atoms with Gasteiger partial charge in [0.2, 0.25) is 5.91 Å². The highest BCUT2D eigenvalue weighted by molar-refractivity contribution is 7.99. The van der Waals surface area contributed by atoms with E-state index in [1.807, 2.05) is 23.6 Å². The number of rotatable bonds is 4. The number of hydrogen-bond acceptors (Lipinski definition) is 3. The van der Waals surface area contributed by atoms with Crippen molar-refractivity contribution in [1.82, 2.24) is 4.90 Å². The molecule has 1 heterocycles. The minimum absolute atomic E-state index is 0.0686. The van der Waals surface area contributed by atoms with Crippen molar-refractivity contribution in [2.75, 3.05) is 24.6 Å². The summed E-state index contributed by atoms with van der Waals surface area (Å²) in [7, 11) is 0. The van der Waals surface area contributed by atoms with Crippen LogP contribution >= 0.6 is 11.8 Å². The molecule has 1 rings (SSSR count). The lowest BCUT2D eigenvalue weighted by atomic mass is 10.0. The highest BCUT2D eigenvalue weighted by Crippen LogP contribution is 2.14. The van der Waals surface area contributed by atoms with Gasteiger partial charge in [0.15, 0.2) is 0 Å². The van der Waals surface area contributed by atoms with E-state index in [0.29, 0.717) is 6.42 Å². The monoisotopic (exact) mass is 245 g/mol. The number of nitrogens with zero attached hydrogens (tertiary/aromatic N) is 1. The van der Waals surface area contributed by atoms with Crippen molar-refractivity contribution >= 4 is 23.6 Å². The molecule has 0 aromatic heterocycles. The number of thioether (sulfide) groups is 1. The van der Waals surface area contributed by atoms with Crippen LogP contribution in [0.5, 0.6) is 0 Å². The smallest absolute Gasteiger partial charge is 0.303 e. The average molecular weight is 245 g/mol. The Morgan fingerprint density at radius 1 is 1.31 bits per heavy atom. The molecule has 0 aliphatic carbocycles. The van der Waals surface area contributed by atoms with Crippen molar-refractivity contribution in [3.63, 3.8) is 0 Å². The molecular weight excluding hydrogens is 226 g/mol. The zero-order chi connectivity index (χ0) is 12.0. The van der Waals surface area contributed by atoms with Gasteiger partial charge in [-0.15, -0.1) is 0 Å². The Balaban J connectivity index is 2.34. The minimum Gasteiger partial charge on any atom is -0.481 e. The molecule has 1 amide bonds. The van der Waals surface area contributed by atoms with Gasteiger partial charge in [0, 0.05) is 31.7 Å². The quantitative estimate of drug-likeness (QED) is 0.814. The molecule has 1 saturated heterocycles. The van der Waals surface area contributed by atoms with E-state index in [9.17, 15) is 9.59 Å². The van der Waals surface area contributed by atoms with Crippen molar-refractivity contribution in [3.05, 3.63) is 0 Å². The fourth-order valence-corrected chi connectivity index (χ4v) is 2.68. The third-order valence-corrected chi connectivity index (χ3v) is 3.67. The molecule has 5 heteroatoms. The van der Waals surface area contributed by atoms with Crippen LogP contribution in [0.25, 0.3) is 0 Å². The summed E-state index contributed by atoms with van der Waals surface area (Å²) in [4.78, 5) is 24.2. The van der Waals surface area contributed by atoms with Crippen molar-refractivity contribution in [3.8, 4) is 0 Å². The SMILES string of the molecule is CC(CC(=O)O)CC(=O)N1CCCSCC1. The van der Waals surface area contributed by atoms with Gasteiger partial charge in [0.1, 0.15) is 0 Å². The third-order valence-electron chi connectivity index (χ3n) is 2.62. The highest BCUT2D eigenvalue weighted by atomic mass is 32.2. The van der Waals surface area contributed by atoms with Crippen LogP contribution in [0.1, 0.15) is 26.2 Å². The molecule has 1 aliphatic heterocycles. The summed E-state index contributed by atoms with van der Waals surface area (Å²) < 4.78 is 0. The van der Waals surface area contributed by atoms with Gasteiger partial charge in [0.25, 0.3) is 0 Å². The summed E-state index contributed by atoms with van der Waals surface area (Å²) >= 11 is 1.88. The Bertz CT molecular complexity index is 250. The molecule has 1 aliphatic rings. The van der Waals surface area contributed by atoms with Gasteiger partial charge in [-0.25, -0.2) is 0 Å². The number of carboxylic acids is 1. The van der Waals surface area contributed by atoms with Crippen LogP contribution in [-0.4, -0.2) is 46.5 Å². The second-order valence-electron chi connectivity index (χ2n) is 4.25. The van der Waals surface area contributed by atoms with Gasteiger partial charge in [0.05, 0.1) is 0 Å². The molecule has 4 nitrogen and oxygen atoms in total. The normalized spacial score (nSPS) is 18.9. The summed E-state index contributed by atoms with van der Waals surface area (Å²) in [6, 6.07) is 0. The van der Waals surface area contributed by atoms with E-state index in [0.717, 1.165) is 31.0 Å². The topological polar surface area (TPSA) is 57.6 Å². The Morgan fingerprint density at radius 2 is 2.06 bits per heavy atom. The van der Waals surface area contributed by atoms with E-state index in [-0.39, 0.29) is 18.2 Å². The zero-order valence-corrected chi connectivity index (χ0v) is 10.5. The van der Waals surface area contributed by atoms with Crippen LogP contribution in [0.3, 0.4) is 0 Å². The maximum atomic E-state index is 11.9. The standard InChI is InChI=1S/C11H19NO3S/c1-9(8-11(14)15)7-10(13)12-3-2-5-16-6-4-12/h9H,2-8H2,1H3,(H,14,15). The van der Waals surface area contributed by atoms with E-state index in [2.05, 4.69) is 0 Å². The molecule has 0 aromatic carbocycles. The van der Waals surface area contributed by atoms with Gasteiger partial charge >= 0.3 is 5.97 Å². The van der Waals surface area contributed by atoms with Crippen LogP contribution in [0.2, 0.25) is 0 Å². The molecular formula is C11H19NO3S. The van der Waals surface area contributed by atoms with Crippen molar-refractivity contribution < 1.29 is 14.7 Å². The Labute approximate surface area is 100 Å². The van der Waals surface area contributed by atoms with Crippen LogP contribution < -0.4 is 0 Å². The van der Waals surface area contributed by atoms with Crippen molar-refractivity contribution in [2.24, 2.45) is 5.92 Å². The number of amides is 1. The average Bonchev–Trinajstić information content (AvgIpc) is 2.43. The summed E-state index contributed by atoms with van der Waals surface area (Å²) in [6.45, 7) is 3.45. The lowest BCUT2D eigenvalue weighted by molar-refractivity contribution is -0.138. The predicted molar refractivity (Wildman–Crippen MR) is 64.6 cm³/mol. The van der Waals surface area contributed by atoms with Crippen molar-refractivity contribution in [1.29, 1.82) is 0 Å². The number of carboxylic acid groups (broad SMARTS) is 1. The molecule has 0 radical (unpaired) electrons. The van der Waals surface area contributed by atoms with Crippen LogP contribution in [0, 0.1) is 5.92 Å². The van der Waals surface area contributed by atoms with Crippen LogP contribution in [-0.2, 0) is 9.59 Å². The fraction of sp³-hybridized carbons (Fsp3) is 0.818. The Hall–Kier alpha value is -0.710. The molecule has 0 spiro atoms. The molecule has 16 heavy (non-hydrogen) atoms. The summed E-state index contributed by atoms with van der Waals surface area (Å²) in [5.74, 6) is 1.33. The lowest BCUT2D eigenvalue weighted by Gasteiger charge is -2.21. The highest BCUT2D eigenvalue weighted by Gasteiger charge is 2.19. The molecule has 1 N–H and O–H groups in total. The lowest BCUT2D eigenvalue weighted by Crippen LogP contribution is -2.34. The minimum atomic E-state index is -0.827. The fourth-order valence-electron chi connectivity index (χ4n) is 1.79. The maximum Gasteiger partial charge on any atom is 0.303 e. The first kappa shape index (κ1) is 13.4. The summed E-state index contributed by atoms with van der Waals surface area (Å²) in [5, 5.41) is 8.62. The van der Waals surface area contributed by atoms with Gasteiger partial charge < -0.3 is 10.0 Å². The van der Waals surface area contributed by atoms with E-state index >= 15 is 0 Å². The first-order valence-corrected chi connectivity index (χ1v) is 6.82. The van der Waals surface area contributed by atoms with E-state index in [1.165, 1.54) is 0 Å². The van der Waals surface area contributed by atoms with Gasteiger partial charge in [-0.1, -0.05) is 6.92 Å². The van der Waals surface area contributed by atoms with Gasteiger partial charge in [-0.3, -0.25) is 9.59 Å². The Kier molecular flexibility index (Phi) is 5.66. The molecule has 1 fully saturated rings. The Morgan fingerprint density at radius 3 is 2.75 bits per heavy atom. The summed E-state index contributed by atoms with van der Waals surface area (Å²) in [5.41, 5.74) is 0. The van der Waals surface area contributed by atoms with Crippen molar-refractivity contribution in [2.45, 2.75) is 26.2 Å². The first-order valence-electron chi connectivity index (χ1n) is 5.67. The molecule has 1 atom stereocenters. The maximum absolute atomic E-state index is 11.9. The van der Waals surface area contributed by atoms with Gasteiger partial charge in [-0.05, 0) is 18.1 Å². The van der Waals surface area contributed by atoms with E-state index in [1.54, 1.807) is 0 Å². The number of aliphatic carboxylic acids is 1. The van der Waals surface area contributed by atoms with Gasteiger partial charge in [-0.2, -0.15) is 11.8 Å². The number of carbonyl (C=O) groups is 2. The summed E-state index contributed by atoms with van der Waals surface area (Å²) in [6.07, 6.45) is 1.48. The molecule has 92 valence electrons. The van der Waals surface area contributed by atoms with E-state index < -0.39 is 5.97 Å². The van der Waals surface area contributed by atoms with Crippen LogP contribution in [0.15, 0.2) is 0 Å². The second-order valence-corrected chi connectivity index (χ2v) is 5.48. The largest absolute Gasteiger partial charge is 0.481 e. The molecule has 0 saturated carbocycles. The molecule has 1 unspecified atom stereocenters. The zero-order valence-electron chi connectivity index (χ0n) is 9.65. The predicted octanol–water partition coefficient (Wildman–Crippen LogP) is 1.45. The number of carbonyl (C=O) groups excluding carboxylic acids is 1. The number of hydrogen-bond donors (Lipinski definition) is 1. The second kappa shape index (κ2) is 6.78. The van der Waals surface area contributed by atoms with Crippen LogP contribution in [0.4, 0.5) is 0 Å². The third kappa shape index (κ3) is 4.88. The molecule has 0 aromatic rings. The molecule has 0 bridgehead atoms. The van der Waals surface area contributed by atoms with E-state index in [4.69, 9.17) is 5.11 Å².